The average molecular weight is 304 g/mol. The fourth-order valence-electron chi connectivity index (χ4n) is 1.97. The maximum absolute atomic E-state index is 12.6. The van der Waals surface area contributed by atoms with Gasteiger partial charge in [0.2, 0.25) is 0 Å². The van der Waals surface area contributed by atoms with Crippen LogP contribution in [-0.2, 0) is 16.6 Å². The molecule has 0 spiro atoms. The van der Waals surface area contributed by atoms with Crippen molar-refractivity contribution in [2.45, 2.75) is 44.4 Å². The van der Waals surface area contributed by atoms with Gasteiger partial charge in [-0.25, -0.2) is 8.42 Å². The second-order valence-corrected chi connectivity index (χ2v) is 7.90. The number of nitrogens with zero attached hydrogens (tertiary/aromatic N) is 1. The summed E-state index contributed by atoms with van der Waals surface area (Å²) < 4.78 is 27.1. The number of hydrogen-bond donors (Lipinski definition) is 1. The first-order valence-electron chi connectivity index (χ1n) is 6.78. The Balaban J connectivity index is 2.95. The van der Waals surface area contributed by atoms with Gasteiger partial charge in [-0.05, 0) is 18.1 Å². The van der Waals surface area contributed by atoms with E-state index >= 15 is 0 Å². The summed E-state index contributed by atoms with van der Waals surface area (Å²) in [6.07, 6.45) is 2.00. The van der Waals surface area contributed by atoms with Gasteiger partial charge in [-0.3, -0.25) is 0 Å². The van der Waals surface area contributed by atoms with Crippen molar-refractivity contribution in [2.75, 3.05) is 13.1 Å². The molecular formula is C13H24N2O2S2. The predicted molar refractivity (Wildman–Crippen MR) is 80.7 cm³/mol. The molecule has 0 atom stereocenters. The lowest BCUT2D eigenvalue weighted by molar-refractivity contribution is 0.340. The molecule has 0 radical (unpaired) electrons. The highest BCUT2D eigenvalue weighted by Gasteiger charge is 2.26. The van der Waals surface area contributed by atoms with Gasteiger partial charge in [-0.1, -0.05) is 33.6 Å². The van der Waals surface area contributed by atoms with Crippen LogP contribution in [0.3, 0.4) is 0 Å². The minimum atomic E-state index is -3.36. The lowest BCUT2D eigenvalue weighted by Gasteiger charge is -2.24. The van der Waals surface area contributed by atoms with Gasteiger partial charge in [0.25, 0.3) is 10.0 Å². The molecule has 0 aliphatic carbocycles. The highest BCUT2D eigenvalue weighted by atomic mass is 32.2. The van der Waals surface area contributed by atoms with Gasteiger partial charge >= 0.3 is 0 Å². The molecule has 2 N–H and O–H groups in total. The molecule has 19 heavy (non-hydrogen) atoms. The molecular weight excluding hydrogens is 280 g/mol. The van der Waals surface area contributed by atoms with Gasteiger partial charge in [0.05, 0.1) is 0 Å². The highest BCUT2D eigenvalue weighted by Crippen LogP contribution is 2.26. The summed E-state index contributed by atoms with van der Waals surface area (Å²) in [5, 5.41) is 0. The SMILES string of the molecule is CCC(CC)CN(CC)S(=O)(=O)c1ccc(CN)s1. The second-order valence-electron chi connectivity index (χ2n) is 4.56. The van der Waals surface area contributed by atoms with E-state index < -0.39 is 10.0 Å². The predicted octanol–water partition coefficient (Wildman–Crippen LogP) is 2.65. The van der Waals surface area contributed by atoms with Crippen LogP contribution in [0.15, 0.2) is 16.3 Å². The molecule has 0 saturated heterocycles. The zero-order valence-electron chi connectivity index (χ0n) is 11.9. The standard InChI is InChI=1S/C13H24N2O2S2/c1-4-11(5-2)10-15(6-3)19(16,17)13-8-7-12(9-14)18-13/h7-8,11H,4-6,9-10,14H2,1-3H3. The molecule has 110 valence electrons. The molecule has 4 nitrogen and oxygen atoms in total. The third-order valence-electron chi connectivity index (χ3n) is 3.40. The van der Waals surface area contributed by atoms with Gasteiger partial charge in [-0.15, -0.1) is 11.3 Å². The first-order chi connectivity index (χ1) is 8.99. The third kappa shape index (κ3) is 4.02. The van der Waals surface area contributed by atoms with E-state index in [1.165, 1.54) is 11.3 Å². The van der Waals surface area contributed by atoms with Crippen LogP contribution in [0.4, 0.5) is 0 Å². The van der Waals surface area contributed by atoms with Crippen LogP contribution < -0.4 is 5.73 Å². The lowest BCUT2D eigenvalue weighted by Crippen LogP contribution is -2.34. The number of rotatable bonds is 8. The molecule has 1 heterocycles. The number of hydrogen-bond acceptors (Lipinski definition) is 4. The summed E-state index contributed by atoms with van der Waals surface area (Å²) >= 11 is 1.27. The molecule has 0 aromatic carbocycles. The van der Waals surface area contributed by atoms with E-state index in [0.29, 0.717) is 29.8 Å². The first-order valence-corrected chi connectivity index (χ1v) is 9.04. The topological polar surface area (TPSA) is 63.4 Å². The number of sulfonamides is 1. The quantitative estimate of drug-likeness (QED) is 0.803. The first kappa shape index (κ1) is 16.6. The van der Waals surface area contributed by atoms with Crippen molar-refractivity contribution in [3.05, 3.63) is 17.0 Å². The Morgan fingerprint density at radius 3 is 2.32 bits per heavy atom. The molecule has 0 aliphatic heterocycles. The van der Waals surface area contributed by atoms with E-state index in [1.54, 1.807) is 16.4 Å². The van der Waals surface area contributed by atoms with E-state index in [9.17, 15) is 8.42 Å². The number of nitrogens with two attached hydrogens (primary N) is 1. The summed E-state index contributed by atoms with van der Waals surface area (Å²) in [6, 6.07) is 3.46. The van der Waals surface area contributed by atoms with E-state index in [1.807, 2.05) is 6.92 Å². The van der Waals surface area contributed by atoms with Crippen molar-refractivity contribution in [1.29, 1.82) is 0 Å². The van der Waals surface area contributed by atoms with Crippen LogP contribution in [0.1, 0.15) is 38.5 Å². The Morgan fingerprint density at radius 1 is 1.26 bits per heavy atom. The number of thiophene rings is 1. The molecule has 6 heteroatoms. The van der Waals surface area contributed by atoms with Crippen molar-refractivity contribution in [1.82, 2.24) is 4.31 Å². The molecule has 0 aliphatic rings. The Hall–Kier alpha value is -0.430. The fourth-order valence-corrected chi connectivity index (χ4v) is 4.88. The third-order valence-corrected chi connectivity index (χ3v) is 6.92. The van der Waals surface area contributed by atoms with Crippen LogP contribution in [0.5, 0.6) is 0 Å². The maximum atomic E-state index is 12.6. The van der Waals surface area contributed by atoms with Crippen LogP contribution in [0.25, 0.3) is 0 Å². The second kappa shape index (κ2) is 7.38. The van der Waals surface area contributed by atoms with E-state index in [0.717, 1.165) is 17.7 Å². The molecule has 0 bridgehead atoms. The molecule has 1 rings (SSSR count). The highest BCUT2D eigenvalue weighted by molar-refractivity contribution is 7.91. The van der Waals surface area contributed by atoms with Crippen molar-refractivity contribution >= 4 is 21.4 Å². The Kier molecular flexibility index (Phi) is 6.46. The fraction of sp³-hybridized carbons (Fsp3) is 0.692. The van der Waals surface area contributed by atoms with E-state index in [4.69, 9.17) is 5.73 Å². The summed E-state index contributed by atoms with van der Waals surface area (Å²) in [5.74, 6) is 0.420. The molecule has 1 aromatic rings. The molecule has 0 unspecified atom stereocenters. The van der Waals surface area contributed by atoms with E-state index in [-0.39, 0.29) is 0 Å². The van der Waals surface area contributed by atoms with Crippen LogP contribution in [0, 0.1) is 5.92 Å². The van der Waals surface area contributed by atoms with Gasteiger partial charge in [0.15, 0.2) is 0 Å². The van der Waals surface area contributed by atoms with Crippen LogP contribution >= 0.6 is 11.3 Å². The zero-order chi connectivity index (χ0) is 14.5. The van der Waals surface area contributed by atoms with Crippen molar-refractivity contribution < 1.29 is 8.42 Å². The minimum absolute atomic E-state index is 0.388. The molecule has 0 fully saturated rings. The minimum Gasteiger partial charge on any atom is -0.326 e. The Morgan fingerprint density at radius 2 is 1.89 bits per heavy atom. The van der Waals surface area contributed by atoms with Gasteiger partial charge in [0.1, 0.15) is 4.21 Å². The summed E-state index contributed by atoms with van der Waals surface area (Å²) in [7, 11) is -3.36. The molecule has 0 saturated carbocycles. The maximum Gasteiger partial charge on any atom is 0.252 e. The molecule has 0 amide bonds. The lowest BCUT2D eigenvalue weighted by atomic mass is 10.0. The van der Waals surface area contributed by atoms with Gasteiger partial charge in [0, 0.05) is 24.5 Å². The Bertz CT molecular complexity index is 479. The van der Waals surface area contributed by atoms with Crippen molar-refractivity contribution in [3.8, 4) is 0 Å². The summed E-state index contributed by atoms with van der Waals surface area (Å²) in [4.78, 5) is 0.900. The normalized spacial score (nSPS) is 12.5. The van der Waals surface area contributed by atoms with Crippen LogP contribution in [0.2, 0.25) is 0 Å². The summed E-state index contributed by atoms with van der Waals surface area (Å²) in [6.45, 7) is 7.59. The zero-order valence-corrected chi connectivity index (χ0v) is 13.6. The van der Waals surface area contributed by atoms with Gasteiger partial charge in [-0.2, -0.15) is 4.31 Å². The van der Waals surface area contributed by atoms with Gasteiger partial charge < -0.3 is 5.73 Å². The largest absolute Gasteiger partial charge is 0.326 e. The Labute approximate surface area is 120 Å². The molecule has 1 aromatic heterocycles. The summed E-state index contributed by atoms with van der Waals surface area (Å²) in [5.41, 5.74) is 5.54. The van der Waals surface area contributed by atoms with Crippen molar-refractivity contribution in [3.63, 3.8) is 0 Å². The van der Waals surface area contributed by atoms with E-state index in [2.05, 4.69) is 13.8 Å². The van der Waals surface area contributed by atoms with Crippen LogP contribution in [-0.4, -0.2) is 25.8 Å². The smallest absolute Gasteiger partial charge is 0.252 e. The van der Waals surface area contributed by atoms with Crippen molar-refractivity contribution in [2.24, 2.45) is 11.7 Å². The monoisotopic (exact) mass is 304 g/mol. The average Bonchev–Trinajstić information content (AvgIpc) is 2.89.